The number of carbonyl (C=O) groups excluding carboxylic acids is 1. The molecule has 4 N–H and O–H groups in total. The lowest BCUT2D eigenvalue weighted by atomic mass is 9.99. The van der Waals surface area contributed by atoms with Gasteiger partial charge in [-0.25, -0.2) is 8.78 Å². The highest BCUT2D eigenvalue weighted by Crippen LogP contribution is 2.39. The SMILES string of the molecule is CCc1cccc(CNC[C@H](O)[C@H](Cc2cc(F)cc(F)c2)NC(=O)c2cc(OC)c3sccc3c2O)c1. The minimum absolute atomic E-state index is 0.0280. The second kappa shape index (κ2) is 12.3. The number of carbonyl (C=O) groups is 1. The van der Waals surface area contributed by atoms with E-state index in [-0.39, 0.29) is 29.8 Å². The second-order valence-electron chi connectivity index (χ2n) is 9.07. The van der Waals surface area contributed by atoms with Gasteiger partial charge in [0.15, 0.2) is 0 Å². The number of rotatable bonds is 11. The van der Waals surface area contributed by atoms with Crippen molar-refractivity contribution in [1.82, 2.24) is 10.6 Å². The number of aliphatic hydroxyl groups excluding tert-OH is 1. The third-order valence-corrected chi connectivity index (χ3v) is 7.31. The Morgan fingerprint density at radius 3 is 2.50 bits per heavy atom. The Kier molecular flexibility index (Phi) is 8.93. The molecule has 200 valence electrons. The molecule has 6 nitrogen and oxygen atoms in total. The number of amides is 1. The summed E-state index contributed by atoms with van der Waals surface area (Å²) in [6.45, 7) is 2.67. The van der Waals surface area contributed by atoms with Gasteiger partial charge >= 0.3 is 0 Å². The summed E-state index contributed by atoms with van der Waals surface area (Å²) in [4.78, 5) is 13.3. The summed E-state index contributed by atoms with van der Waals surface area (Å²) < 4.78 is 33.8. The molecule has 0 aliphatic rings. The van der Waals surface area contributed by atoms with E-state index in [9.17, 15) is 23.8 Å². The summed E-state index contributed by atoms with van der Waals surface area (Å²) in [6, 6.07) is 13.4. The molecule has 4 rings (SSSR count). The fraction of sp³-hybridized carbons (Fsp3) is 0.276. The van der Waals surface area contributed by atoms with Gasteiger partial charge in [-0.2, -0.15) is 0 Å². The van der Waals surface area contributed by atoms with Crippen molar-refractivity contribution in [3.8, 4) is 11.5 Å². The largest absolute Gasteiger partial charge is 0.506 e. The first-order valence-corrected chi connectivity index (χ1v) is 13.2. The van der Waals surface area contributed by atoms with Gasteiger partial charge in [0.25, 0.3) is 5.91 Å². The number of phenols is 1. The van der Waals surface area contributed by atoms with Crippen molar-refractivity contribution in [3.63, 3.8) is 0 Å². The molecule has 0 radical (unpaired) electrons. The van der Waals surface area contributed by atoms with Crippen LogP contribution < -0.4 is 15.4 Å². The number of nitrogens with one attached hydrogen (secondary N) is 2. The lowest BCUT2D eigenvalue weighted by Crippen LogP contribution is -2.48. The van der Waals surface area contributed by atoms with Crippen molar-refractivity contribution in [3.05, 3.63) is 93.9 Å². The highest BCUT2D eigenvalue weighted by Gasteiger charge is 2.26. The number of aromatic hydroxyl groups is 1. The maximum Gasteiger partial charge on any atom is 0.255 e. The summed E-state index contributed by atoms with van der Waals surface area (Å²) in [5.74, 6) is -1.93. The molecular weight excluding hydrogens is 510 g/mol. The number of ether oxygens (including phenoxy) is 1. The lowest BCUT2D eigenvalue weighted by molar-refractivity contribution is 0.0827. The van der Waals surface area contributed by atoms with Crippen molar-refractivity contribution in [2.24, 2.45) is 0 Å². The van der Waals surface area contributed by atoms with E-state index < -0.39 is 29.7 Å². The fourth-order valence-electron chi connectivity index (χ4n) is 4.40. The Labute approximate surface area is 223 Å². The van der Waals surface area contributed by atoms with Crippen LogP contribution >= 0.6 is 11.3 Å². The third-order valence-electron chi connectivity index (χ3n) is 6.38. The number of hydrogen-bond donors (Lipinski definition) is 4. The molecule has 4 aromatic rings. The van der Waals surface area contributed by atoms with Crippen LogP contribution in [0.25, 0.3) is 10.1 Å². The molecule has 1 aromatic heterocycles. The van der Waals surface area contributed by atoms with Crippen molar-refractivity contribution < 1.29 is 28.5 Å². The molecule has 2 atom stereocenters. The Hall–Kier alpha value is -3.53. The normalized spacial score (nSPS) is 12.9. The monoisotopic (exact) mass is 540 g/mol. The third kappa shape index (κ3) is 6.48. The van der Waals surface area contributed by atoms with E-state index in [1.54, 1.807) is 11.4 Å². The number of aryl methyl sites for hydroxylation is 1. The van der Waals surface area contributed by atoms with Crippen LogP contribution in [0, 0.1) is 11.6 Å². The number of fused-ring (bicyclic) bond motifs is 1. The van der Waals surface area contributed by atoms with Crippen LogP contribution in [0.1, 0.15) is 34.0 Å². The minimum Gasteiger partial charge on any atom is -0.506 e. The van der Waals surface area contributed by atoms with Gasteiger partial charge in [-0.3, -0.25) is 4.79 Å². The summed E-state index contributed by atoms with van der Waals surface area (Å²) in [5, 5.41) is 30.0. The maximum absolute atomic E-state index is 13.9. The van der Waals surface area contributed by atoms with Crippen LogP contribution in [-0.2, 0) is 19.4 Å². The molecule has 3 aromatic carbocycles. The minimum atomic E-state index is -1.10. The van der Waals surface area contributed by atoms with Crippen LogP contribution in [0.4, 0.5) is 8.78 Å². The van der Waals surface area contributed by atoms with E-state index >= 15 is 0 Å². The number of halogens is 2. The molecule has 0 saturated heterocycles. The summed E-state index contributed by atoms with van der Waals surface area (Å²) in [5.41, 5.74) is 2.49. The molecule has 38 heavy (non-hydrogen) atoms. The molecular formula is C29H30F2N2O4S. The van der Waals surface area contributed by atoms with Crippen molar-refractivity contribution in [2.45, 2.75) is 38.5 Å². The predicted molar refractivity (Wildman–Crippen MR) is 145 cm³/mol. The Bertz CT molecular complexity index is 1400. The Morgan fingerprint density at radius 1 is 1.05 bits per heavy atom. The van der Waals surface area contributed by atoms with Crippen molar-refractivity contribution in [1.29, 1.82) is 0 Å². The number of methoxy groups -OCH3 is 1. The highest BCUT2D eigenvalue weighted by molar-refractivity contribution is 7.17. The molecule has 0 aliphatic carbocycles. The van der Waals surface area contributed by atoms with Gasteiger partial charge in [0.05, 0.1) is 29.5 Å². The molecule has 0 spiro atoms. The smallest absolute Gasteiger partial charge is 0.255 e. The first-order valence-electron chi connectivity index (χ1n) is 12.3. The van der Waals surface area contributed by atoms with Gasteiger partial charge in [-0.05, 0) is 59.2 Å². The fourth-order valence-corrected chi connectivity index (χ4v) is 5.29. The van der Waals surface area contributed by atoms with Gasteiger partial charge in [0.2, 0.25) is 0 Å². The van der Waals surface area contributed by atoms with Gasteiger partial charge in [-0.1, -0.05) is 31.2 Å². The zero-order chi connectivity index (χ0) is 27.2. The van der Waals surface area contributed by atoms with Crippen LogP contribution in [0.5, 0.6) is 11.5 Å². The number of phenolic OH excluding ortho intramolecular Hbond substituents is 1. The molecule has 0 bridgehead atoms. The summed E-state index contributed by atoms with van der Waals surface area (Å²) >= 11 is 1.37. The zero-order valence-corrected chi connectivity index (χ0v) is 21.9. The van der Waals surface area contributed by atoms with Crippen LogP contribution in [-0.4, -0.2) is 41.9 Å². The van der Waals surface area contributed by atoms with Crippen LogP contribution in [0.2, 0.25) is 0 Å². The first-order chi connectivity index (χ1) is 18.3. The van der Waals surface area contributed by atoms with Gasteiger partial charge in [-0.15, -0.1) is 11.3 Å². The van der Waals surface area contributed by atoms with E-state index in [0.717, 1.165) is 30.2 Å². The maximum atomic E-state index is 13.9. The average Bonchev–Trinajstić information content (AvgIpc) is 3.39. The van der Waals surface area contributed by atoms with Gasteiger partial charge < -0.3 is 25.6 Å². The number of hydrogen-bond acceptors (Lipinski definition) is 6. The summed E-state index contributed by atoms with van der Waals surface area (Å²) in [6.07, 6.45) is -0.231. The second-order valence-corrected chi connectivity index (χ2v) is 9.99. The molecule has 0 unspecified atom stereocenters. The number of aliphatic hydroxyl groups is 1. The average molecular weight is 541 g/mol. The highest BCUT2D eigenvalue weighted by atomic mass is 32.1. The summed E-state index contributed by atoms with van der Waals surface area (Å²) in [7, 11) is 1.47. The van der Waals surface area contributed by atoms with E-state index in [1.165, 1.54) is 30.1 Å². The molecule has 0 fully saturated rings. The predicted octanol–water partition coefficient (Wildman–Crippen LogP) is 4.95. The number of benzene rings is 3. The first kappa shape index (κ1) is 27.5. The lowest BCUT2D eigenvalue weighted by Gasteiger charge is -2.25. The van der Waals surface area contributed by atoms with Crippen molar-refractivity contribution >= 4 is 27.3 Å². The van der Waals surface area contributed by atoms with E-state index in [1.807, 2.05) is 18.2 Å². The zero-order valence-electron chi connectivity index (χ0n) is 21.1. The molecule has 9 heteroatoms. The Morgan fingerprint density at radius 2 is 1.79 bits per heavy atom. The van der Waals surface area contributed by atoms with Crippen molar-refractivity contribution in [2.75, 3.05) is 13.7 Å². The van der Waals surface area contributed by atoms with Gasteiger partial charge in [0, 0.05) is 24.5 Å². The quantitative estimate of drug-likeness (QED) is 0.216. The number of thiophene rings is 1. The topological polar surface area (TPSA) is 90.8 Å². The van der Waals surface area contributed by atoms with Gasteiger partial charge in [0.1, 0.15) is 23.1 Å². The Balaban J connectivity index is 1.54. The molecule has 1 amide bonds. The standard InChI is InChI=1S/C29H30F2N2O4S/c1-3-17-5-4-6-18(9-17)15-32-16-25(34)24(12-19-10-20(30)13-21(31)11-19)33-29(36)23-14-26(37-2)28-22(27(23)35)7-8-38-28/h4-11,13-14,24-25,32,34-35H,3,12,15-16H2,1-2H3,(H,33,36)/t24-,25-/m0/s1. The molecule has 0 aliphatic heterocycles. The van der Waals surface area contributed by atoms with Crippen LogP contribution in [0.15, 0.2) is 60.0 Å². The van der Waals surface area contributed by atoms with E-state index in [0.29, 0.717) is 22.4 Å². The molecule has 1 heterocycles. The van der Waals surface area contributed by atoms with E-state index in [2.05, 4.69) is 23.6 Å². The molecule has 0 saturated carbocycles. The van der Waals surface area contributed by atoms with Crippen LogP contribution in [0.3, 0.4) is 0 Å². The van der Waals surface area contributed by atoms with E-state index in [4.69, 9.17) is 4.74 Å².